The summed E-state index contributed by atoms with van der Waals surface area (Å²) < 4.78 is 29.4. The average Bonchev–Trinajstić information content (AvgIpc) is 3.12. The number of nitrogens with one attached hydrogen (secondary N) is 1. The van der Waals surface area contributed by atoms with E-state index in [1.807, 2.05) is 25.1 Å². The summed E-state index contributed by atoms with van der Waals surface area (Å²) >= 11 is 6.14. The summed E-state index contributed by atoms with van der Waals surface area (Å²) in [5, 5.41) is 7.38. The Kier molecular flexibility index (Phi) is 7.28. The number of anilines is 1. The summed E-state index contributed by atoms with van der Waals surface area (Å²) in [5.41, 5.74) is 2.18. The lowest BCUT2D eigenvalue weighted by Gasteiger charge is -2.35. The normalized spacial score (nSPS) is 15.5. The SMILES string of the molecule is Cc1ccc(Cl)cc1N1CCN(S(=O)(=O)c2nn(C)cc2C(=O)NCCC(C)C)CC1. The van der Waals surface area contributed by atoms with Crippen molar-refractivity contribution in [3.8, 4) is 0 Å². The number of rotatable bonds is 7. The maximum atomic E-state index is 13.3. The van der Waals surface area contributed by atoms with Gasteiger partial charge >= 0.3 is 0 Å². The third-order valence-electron chi connectivity index (χ3n) is 5.38. The van der Waals surface area contributed by atoms with Crippen LogP contribution in [-0.2, 0) is 17.1 Å². The number of piperazine rings is 1. The van der Waals surface area contributed by atoms with Crippen LogP contribution in [0.1, 0.15) is 36.2 Å². The molecule has 8 nitrogen and oxygen atoms in total. The van der Waals surface area contributed by atoms with Crippen LogP contribution >= 0.6 is 11.6 Å². The first-order valence-electron chi connectivity index (χ1n) is 10.4. The average molecular weight is 468 g/mol. The van der Waals surface area contributed by atoms with E-state index in [4.69, 9.17) is 11.6 Å². The number of carbonyl (C=O) groups is 1. The first-order chi connectivity index (χ1) is 14.6. The highest BCUT2D eigenvalue weighted by molar-refractivity contribution is 7.89. The number of halogens is 1. The molecule has 0 bridgehead atoms. The molecule has 1 aromatic carbocycles. The first kappa shape index (κ1) is 23.6. The molecule has 3 rings (SSSR count). The van der Waals surface area contributed by atoms with Crippen LogP contribution < -0.4 is 10.2 Å². The lowest BCUT2D eigenvalue weighted by atomic mass is 10.1. The van der Waals surface area contributed by atoms with Crippen molar-refractivity contribution in [2.75, 3.05) is 37.6 Å². The zero-order valence-corrected chi connectivity index (χ0v) is 20.0. The van der Waals surface area contributed by atoms with Crippen LogP contribution in [0, 0.1) is 12.8 Å². The lowest BCUT2D eigenvalue weighted by molar-refractivity contribution is 0.0948. The van der Waals surface area contributed by atoms with E-state index in [0.29, 0.717) is 43.7 Å². The highest BCUT2D eigenvalue weighted by Gasteiger charge is 2.34. The third kappa shape index (κ3) is 5.39. The van der Waals surface area contributed by atoms with Crippen LogP contribution in [-0.4, -0.2) is 61.1 Å². The highest BCUT2D eigenvalue weighted by atomic mass is 35.5. The second-order valence-electron chi connectivity index (χ2n) is 8.28. The number of aryl methyl sites for hydroxylation is 2. The largest absolute Gasteiger partial charge is 0.369 e. The van der Waals surface area contributed by atoms with Crippen LogP contribution in [0.25, 0.3) is 0 Å². The molecule has 0 spiro atoms. The van der Waals surface area contributed by atoms with Gasteiger partial charge in [-0.15, -0.1) is 0 Å². The molecule has 0 unspecified atom stereocenters. The zero-order chi connectivity index (χ0) is 22.8. The molecule has 31 heavy (non-hydrogen) atoms. The van der Waals surface area contributed by atoms with E-state index < -0.39 is 15.9 Å². The molecule has 1 aliphatic heterocycles. The smallest absolute Gasteiger partial charge is 0.263 e. The van der Waals surface area contributed by atoms with Crippen LogP contribution in [0.3, 0.4) is 0 Å². The fraction of sp³-hybridized carbons (Fsp3) is 0.524. The molecule has 2 aromatic rings. The van der Waals surface area contributed by atoms with Gasteiger partial charge in [0.2, 0.25) is 5.03 Å². The Morgan fingerprint density at radius 2 is 1.90 bits per heavy atom. The van der Waals surface area contributed by atoms with Gasteiger partial charge in [-0.2, -0.15) is 9.40 Å². The van der Waals surface area contributed by atoms with Gasteiger partial charge in [0, 0.05) is 56.7 Å². The summed E-state index contributed by atoms with van der Waals surface area (Å²) in [6.45, 7) is 8.30. The van der Waals surface area contributed by atoms with Gasteiger partial charge in [0.05, 0.1) is 5.56 Å². The van der Waals surface area contributed by atoms with Crippen molar-refractivity contribution in [3.63, 3.8) is 0 Å². The van der Waals surface area contributed by atoms with E-state index in [-0.39, 0.29) is 10.6 Å². The standard InChI is InChI=1S/C21H30ClN5O3S/c1-15(2)7-8-23-20(28)18-14-25(4)24-21(18)31(29,30)27-11-9-26(10-12-27)19-13-17(22)6-5-16(19)3/h5-6,13-15H,7-12H2,1-4H3,(H,23,28). The van der Waals surface area contributed by atoms with Gasteiger partial charge in [-0.05, 0) is 37.0 Å². The number of hydrogen-bond acceptors (Lipinski definition) is 5. The van der Waals surface area contributed by atoms with Gasteiger partial charge in [-0.3, -0.25) is 9.48 Å². The maximum absolute atomic E-state index is 13.3. The molecule has 1 fully saturated rings. The second kappa shape index (κ2) is 9.58. The Balaban J connectivity index is 1.74. The summed E-state index contributed by atoms with van der Waals surface area (Å²) in [4.78, 5) is 14.8. The molecule has 1 N–H and O–H groups in total. The van der Waals surface area contributed by atoms with Gasteiger partial charge in [-0.25, -0.2) is 8.42 Å². The van der Waals surface area contributed by atoms with Gasteiger partial charge in [0.1, 0.15) is 0 Å². The number of aromatic nitrogens is 2. The fourth-order valence-electron chi connectivity index (χ4n) is 3.60. The van der Waals surface area contributed by atoms with E-state index in [0.717, 1.165) is 17.7 Å². The van der Waals surface area contributed by atoms with Crippen molar-refractivity contribution in [1.82, 2.24) is 19.4 Å². The molecule has 0 saturated carbocycles. The van der Waals surface area contributed by atoms with Crippen molar-refractivity contribution in [3.05, 3.63) is 40.5 Å². The molecule has 2 heterocycles. The molecule has 0 atom stereocenters. The molecule has 0 aliphatic carbocycles. The number of sulfonamides is 1. The molecule has 1 aliphatic rings. The van der Waals surface area contributed by atoms with Crippen LogP contribution in [0.5, 0.6) is 0 Å². The zero-order valence-electron chi connectivity index (χ0n) is 18.4. The highest BCUT2D eigenvalue weighted by Crippen LogP contribution is 2.27. The second-order valence-corrected chi connectivity index (χ2v) is 10.6. The summed E-state index contributed by atoms with van der Waals surface area (Å²) in [6.07, 6.45) is 2.28. The van der Waals surface area contributed by atoms with Gasteiger partial charge in [0.25, 0.3) is 15.9 Å². The predicted octanol–water partition coefficient (Wildman–Crippen LogP) is 2.67. The number of carbonyl (C=O) groups excluding carboxylic acids is 1. The van der Waals surface area contributed by atoms with Crippen LogP contribution in [0.15, 0.2) is 29.4 Å². The van der Waals surface area contributed by atoms with E-state index >= 15 is 0 Å². The molecule has 1 saturated heterocycles. The predicted molar refractivity (Wildman–Crippen MR) is 122 cm³/mol. The summed E-state index contributed by atoms with van der Waals surface area (Å²) in [7, 11) is -2.28. The van der Waals surface area contributed by atoms with Crippen molar-refractivity contribution in [2.24, 2.45) is 13.0 Å². The minimum atomic E-state index is -3.89. The van der Waals surface area contributed by atoms with E-state index in [9.17, 15) is 13.2 Å². The van der Waals surface area contributed by atoms with Crippen LogP contribution in [0.4, 0.5) is 5.69 Å². The van der Waals surface area contributed by atoms with Gasteiger partial charge in [-0.1, -0.05) is 31.5 Å². The van der Waals surface area contributed by atoms with Crippen LogP contribution in [0.2, 0.25) is 5.02 Å². The Labute approximate surface area is 189 Å². The lowest BCUT2D eigenvalue weighted by Crippen LogP contribution is -2.49. The molecular formula is C21H30ClN5O3S. The van der Waals surface area contributed by atoms with E-state index in [1.54, 1.807) is 7.05 Å². The van der Waals surface area contributed by atoms with E-state index in [2.05, 4.69) is 29.2 Å². The molecule has 170 valence electrons. The number of nitrogens with zero attached hydrogens (tertiary/aromatic N) is 4. The first-order valence-corrected chi connectivity index (χ1v) is 12.2. The van der Waals surface area contributed by atoms with E-state index in [1.165, 1.54) is 15.2 Å². The Hall–Kier alpha value is -2.10. The number of benzene rings is 1. The third-order valence-corrected chi connectivity index (χ3v) is 7.45. The summed E-state index contributed by atoms with van der Waals surface area (Å²) in [6, 6.07) is 5.70. The summed E-state index contributed by atoms with van der Waals surface area (Å²) in [5.74, 6) is 0.0253. The maximum Gasteiger partial charge on any atom is 0.263 e. The molecule has 0 radical (unpaired) electrons. The van der Waals surface area contributed by atoms with Crippen molar-refractivity contribution in [1.29, 1.82) is 0 Å². The molecule has 1 aromatic heterocycles. The number of amides is 1. The Bertz CT molecular complexity index is 1040. The fourth-order valence-corrected chi connectivity index (χ4v) is 5.31. The monoisotopic (exact) mass is 467 g/mol. The Morgan fingerprint density at radius 1 is 1.23 bits per heavy atom. The minimum Gasteiger partial charge on any atom is -0.369 e. The molecule has 1 amide bonds. The van der Waals surface area contributed by atoms with Crippen molar-refractivity contribution in [2.45, 2.75) is 32.2 Å². The molecular weight excluding hydrogens is 438 g/mol. The quantitative estimate of drug-likeness (QED) is 0.676. The number of hydrogen-bond donors (Lipinski definition) is 1. The van der Waals surface area contributed by atoms with Gasteiger partial charge in [0.15, 0.2) is 0 Å². The molecule has 10 heteroatoms. The minimum absolute atomic E-state index is 0.0828. The Morgan fingerprint density at radius 3 is 2.55 bits per heavy atom. The van der Waals surface area contributed by atoms with Crippen molar-refractivity contribution >= 4 is 33.2 Å². The van der Waals surface area contributed by atoms with Gasteiger partial charge < -0.3 is 10.2 Å². The van der Waals surface area contributed by atoms with Crippen molar-refractivity contribution < 1.29 is 13.2 Å². The topological polar surface area (TPSA) is 87.5 Å².